The Morgan fingerprint density at radius 3 is 2.69 bits per heavy atom. The van der Waals surface area contributed by atoms with Crippen LogP contribution in [0.25, 0.3) is 6.08 Å². The zero-order valence-electron chi connectivity index (χ0n) is 17.5. The maximum absolute atomic E-state index is 12.8. The Morgan fingerprint density at radius 2 is 2.03 bits per heavy atom. The van der Waals surface area contributed by atoms with Gasteiger partial charge in [-0.3, -0.25) is 19.3 Å². The van der Waals surface area contributed by atoms with Crippen LogP contribution >= 0.6 is 39.3 Å². The predicted octanol–water partition coefficient (Wildman–Crippen LogP) is 5.49. The van der Waals surface area contributed by atoms with Crippen molar-refractivity contribution >= 4 is 68.1 Å². The standard InChI is InChI=1S/C22H20BrClN2O5S/c1-4-31-20-15(23)7-13(8-17(20)30-3)9-18-21(28)26(22(29)32-18)11-19(27)25-14-6-5-12(2)16(24)10-14/h5-10H,4,11H2,1-3H3,(H,25,27)/b18-9+. The molecule has 0 radical (unpaired) electrons. The van der Waals surface area contributed by atoms with Gasteiger partial charge in [0.1, 0.15) is 6.54 Å². The molecule has 7 nitrogen and oxygen atoms in total. The lowest BCUT2D eigenvalue weighted by Crippen LogP contribution is -2.36. The van der Waals surface area contributed by atoms with Crippen molar-refractivity contribution in [1.29, 1.82) is 0 Å². The quantitative estimate of drug-likeness (QED) is 0.468. The fraction of sp³-hybridized carbons (Fsp3) is 0.227. The van der Waals surface area contributed by atoms with Crippen molar-refractivity contribution in [3.63, 3.8) is 0 Å². The number of carbonyl (C=O) groups excluding carboxylic acids is 3. The molecular formula is C22H20BrClN2O5S. The third-order valence-electron chi connectivity index (χ3n) is 4.47. The molecule has 2 aromatic rings. The smallest absolute Gasteiger partial charge is 0.294 e. The second-order valence-corrected chi connectivity index (χ2v) is 9.00. The molecule has 10 heteroatoms. The predicted molar refractivity (Wildman–Crippen MR) is 129 cm³/mol. The first-order valence-electron chi connectivity index (χ1n) is 9.55. The summed E-state index contributed by atoms with van der Waals surface area (Å²) < 4.78 is 11.6. The number of nitrogens with one attached hydrogen (secondary N) is 1. The first kappa shape index (κ1) is 24.2. The molecule has 32 heavy (non-hydrogen) atoms. The number of amides is 3. The monoisotopic (exact) mass is 538 g/mol. The molecule has 1 N–H and O–H groups in total. The van der Waals surface area contributed by atoms with Crippen molar-refractivity contribution in [3.8, 4) is 11.5 Å². The minimum atomic E-state index is -0.541. The molecule has 0 spiro atoms. The lowest BCUT2D eigenvalue weighted by atomic mass is 10.2. The lowest BCUT2D eigenvalue weighted by molar-refractivity contribution is -0.127. The highest BCUT2D eigenvalue weighted by molar-refractivity contribution is 9.10. The van der Waals surface area contributed by atoms with E-state index in [2.05, 4.69) is 21.2 Å². The van der Waals surface area contributed by atoms with Gasteiger partial charge in [-0.1, -0.05) is 17.7 Å². The lowest BCUT2D eigenvalue weighted by Gasteiger charge is -2.13. The third-order valence-corrected chi connectivity index (χ3v) is 6.37. The van der Waals surface area contributed by atoms with Crippen LogP contribution in [0.4, 0.5) is 10.5 Å². The van der Waals surface area contributed by atoms with Crippen LogP contribution in [0.2, 0.25) is 5.02 Å². The summed E-state index contributed by atoms with van der Waals surface area (Å²) in [5.41, 5.74) is 2.00. The van der Waals surface area contributed by atoms with E-state index in [1.807, 2.05) is 13.8 Å². The summed E-state index contributed by atoms with van der Waals surface area (Å²) in [6, 6.07) is 8.54. The molecule has 1 aliphatic heterocycles. The molecule has 0 bridgehead atoms. The maximum atomic E-state index is 12.8. The van der Waals surface area contributed by atoms with Gasteiger partial charge in [-0.15, -0.1) is 0 Å². The molecule has 0 saturated carbocycles. The van der Waals surface area contributed by atoms with Gasteiger partial charge in [-0.2, -0.15) is 0 Å². The van der Waals surface area contributed by atoms with Crippen LogP contribution in [0.5, 0.6) is 11.5 Å². The molecule has 1 fully saturated rings. The Hall–Kier alpha value is -2.49. The van der Waals surface area contributed by atoms with E-state index in [0.717, 1.165) is 22.2 Å². The van der Waals surface area contributed by atoms with Crippen molar-refractivity contribution in [1.82, 2.24) is 4.90 Å². The van der Waals surface area contributed by atoms with E-state index < -0.39 is 23.6 Å². The number of ether oxygens (including phenoxy) is 2. The molecule has 2 aromatic carbocycles. The topological polar surface area (TPSA) is 84.9 Å². The first-order valence-corrected chi connectivity index (χ1v) is 11.5. The number of benzene rings is 2. The summed E-state index contributed by atoms with van der Waals surface area (Å²) in [6.45, 7) is 3.77. The number of imide groups is 1. The van der Waals surface area contributed by atoms with Gasteiger partial charge in [-0.05, 0) is 83.0 Å². The summed E-state index contributed by atoms with van der Waals surface area (Å²) in [5.74, 6) is -0.00371. The summed E-state index contributed by atoms with van der Waals surface area (Å²) in [5, 5.41) is 2.64. The number of nitrogens with zero attached hydrogens (tertiary/aromatic N) is 1. The van der Waals surface area contributed by atoms with Crippen molar-refractivity contribution in [2.24, 2.45) is 0 Å². The van der Waals surface area contributed by atoms with Crippen LogP contribution in [-0.4, -0.2) is 42.2 Å². The SMILES string of the molecule is CCOc1c(Br)cc(/C=C2/SC(=O)N(CC(=O)Nc3ccc(C)c(Cl)c3)C2=O)cc1OC. The fourth-order valence-corrected chi connectivity index (χ4v) is 4.50. The van der Waals surface area contributed by atoms with E-state index in [-0.39, 0.29) is 4.91 Å². The average molecular weight is 540 g/mol. The van der Waals surface area contributed by atoms with Crippen molar-refractivity contribution in [2.75, 3.05) is 25.6 Å². The number of thioether (sulfide) groups is 1. The van der Waals surface area contributed by atoms with Crippen LogP contribution < -0.4 is 14.8 Å². The average Bonchev–Trinajstić information content (AvgIpc) is 2.99. The van der Waals surface area contributed by atoms with Crippen molar-refractivity contribution < 1.29 is 23.9 Å². The highest BCUT2D eigenvalue weighted by Gasteiger charge is 2.36. The number of methoxy groups -OCH3 is 1. The Labute approximate surface area is 203 Å². The van der Waals surface area contributed by atoms with Crippen molar-refractivity contribution in [3.05, 3.63) is 55.9 Å². The molecule has 0 aromatic heterocycles. The minimum absolute atomic E-state index is 0.208. The number of anilines is 1. The van der Waals surface area contributed by atoms with Crippen LogP contribution in [0, 0.1) is 6.92 Å². The fourth-order valence-electron chi connectivity index (χ4n) is 2.91. The third kappa shape index (κ3) is 5.46. The Kier molecular flexibility index (Phi) is 7.86. The number of rotatable bonds is 7. The normalized spacial score (nSPS) is 14.8. The largest absolute Gasteiger partial charge is 0.493 e. The van der Waals surface area contributed by atoms with E-state index in [4.69, 9.17) is 21.1 Å². The molecule has 3 amide bonds. The number of aryl methyl sites for hydroxylation is 1. The first-order chi connectivity index (χ1) is 15.2. The number of halogens is 2. The number of hydrogen-bond donors (Lipinski definition) is 1. The molecule has 0 unspecified atom stereocenters. The van der Waals surface area contributed by atoms with E-state index in [0.29, 0.717) is 38.9 Å². The van der Waals surface area contributed by atoms with E-state index in [1.54, 1.807) is 36.4 Å². The highest BCUT2D eigenvalue weighted by atomic mass is 79.9. The van der Waals surface area contributed by atoms with Gasteiger partial charge in [0, 0.05) is 10.7 Å². The van der Waals surface area contributed by atoms with Gasteiger partial charge in [0.2, 0.25) is 5.91 Å². The van der Waals surface area contributed by atoms with E-state index in [1.165, 1.54) is 7.11 Å². The summed E-state index contributed by atoms with van der Waals surface area (Å²) in [4.78, 5) is 38.6. The number of hydrogen-bond acceptors (Lipinski definition) is 6. The molecule has 1 heterocycles. The summed E-state index contributed by atoms with van der Waals surface area (Å²) in [6.07, 6.45) is 1.57. The van der Waals surface area contributed by atoms with Gasteiger partial charge in [-0.25, -0.2) is 0 Å². The minimum Gasteiger partial charge on any atom is -0.493 e. The second kappa shape index (κ2) is 10.4. The zero-order chi connectivity index (χ0) is 23.4. The van der Waals surface area contributed by atoms with Crippen LogP contribution in [0.15, 0.2) is 39.7 Å². The zero-order valence-corrected chi connectivity index (χ0v) is 20.7. The molecule has 0 atom stereocenters. The molecule has 3 rings (SSSR count). The Bertz CT molecular complexity index is 1120. The van der Waals surface area contributed by atoms with Crippen LogP contribution in [0.3, 0.4) is 0 Å². The van der Waals surface area contributed by atoms with Gasteiger partial charge >= 0.3 is 0 Å². The molecular weight excluding hydrogens is 520 g/mol. The van der Waals surface area contributed by atoms with Crippen LogP contribution in [0.1, 0.15) is 18.1 Å². The van der Waals surface area contributed by atoms with E-state index in [9.17, 15) is 14.4 Å². The van der Waals surface area contributed by atoms with Crippen LogP contribution in [-0.2, 0) is 9.59 Å². The maximum Gasteiger partial charge on any atom is 0.294 e. The Balaban J connectivity index is 1.75. The Morgan fingerprint density at radius 1 is 1.28 bits per heavy atom. The summed E-state index contributed by atoms with van der Waals surface area (Å²) in [7, 11) is 1.52. The van der Waals surface area contributed by atoms with Gasteiger partial charge < -0.3 is 14.8 Å². The molecule has 0 aliphatic carbocycles. The number of carbonyl (C=O) groups is 3. The molecule has 1 aliphatic rings. The molecule has 1 saturated heterocycles. The summed E-state index contributed by atoms with van der Waals surface area (Å²) >= 11 is 10.3. The van der Waals surface area contributed by atoms with Gasteiger partial charge in [0.15, 0.2) is 11.5 Å². The van der Waals surface area contributed by atoms with Gasteiger partial charge in [0.05, 0.1) is 23.1 Å². The van der Waals surface area contributed by atoms with Crippen molar-refractivity contribution in [2.45, 2.75) is 13.8 Å². The highest BCUT2D eigenvalue weighted by Crippen LogP contribution is 2.39. The van der Waals surface area contributed by atoms with E-state index >= 15 is 0 Å². The second-order valence-electron chi connectivity index (χ2n) is 6.75. The van der Waals surface area contributed by atoms with Gasteiger partial charge in [0.25, 0.3) is 11.1 Å². The molecule has 168 valence electrons.